The minimum absolute atomic E-state index is 0.120. The summed E-state index contributed by atoms with van der Waals surface area (Å²) in [6, 6.07) is 7.88. The van der Waals surface area contributed by atoms with Crippen LogP contribution in [0.5, 0.6) is 0 Å². The van der Waals surface area contributed by atoms with Gasteiger partial charge in [-0.15, -0.1) is 0 Å². The van der Waals surface area contributed by atoms with Crippen LogP contribution < -0.4 is 5.73 Å². The number of unbranched alkanes of at least 4 members (excludes halogenated alkanes) is 3. The summed E-state index contributed by atoms with van der Waals surface area (Å²) in [5.41, 5.74) is 8.38. The topological polar surface area (TPSA) is 83.6 Å². The number of carbonyl (C=O) groups is 2. The molecule has 1 heterocycles. The zero-order chi connectivity index (χ0) is 19.4. The molecule has 3 atom stereocenters. The van der Waals surface area contributed by atoms with Gasteiger partial charge in [0.15, 0.2) is 0 Å². The smallest absolute Gasteiger partial charge is 0.235 e. The lowest BCUT2D eigenvalue weighted by Gasteiger charge is -2.28. The number of hydrogen-bond acceptors (Lipinski definition) is 4. The molecule has 3 unspecified atom stereocenters. The molecule has 2 amide bonds. The van der Waals surface area contributed by atoms with Crippen molar-refractivity contribution in [2.75, 3.05) is 6.54 Å². The highest BCUT2D eigenvalue weighted by atomic mass is 16.3. The molecule has 27 heavy (non-hydrogen) atoms. The van der Waals surface area contributed by atoms with Crippen molar-refractivity contribution in [3.8, 4) is 0 Å². The summed E-state index contributed by atoms with van der Waals surface area (Å²) in [6.45, 7) is 4.77. The average molecular weight is 368 g/mol. The summed E-state index contributed by atoms with van der Waals surface area (Å²) >= 11 is 0. The Balaban J connectivity index is 1.70. The molecule has 144 valence electrons. The quantitative estimate of drug-likeness (QED) is 0.546. The Hall–Kier alpha value is -2.24. The Bertz CT molecular complexity index is 756. The van der Waals surface area contributed by atoms with E-state index in [4.69, 9.17) is 5.73 Å². The van der Waals surface area contributed by atoms with Crippen molar-refractivity contribution in [3.05, 3.63) is 53.6 Å². The first-order valence-electron chi connectivity index (χ1n) is 9.74. The van der Waals surface area contributed by atoms with Gasteiger partial charge in [-0.3, -0.25) is 14.5 Å². The second-order valence-electron chi connectivity index (χ2n) is 7.40. The maximum absolute atomic E-state index is 13.0. The van der Waals surface area contributed by atoms with Gasteiger partial charge in [0.2, 0.25) is 11.8 Å². The molecule has 5 nitrogen and oxygen atoms in total. The molecule has 0 radical (unpaired) electrons. The molecule has 0 aromatic heterocycles. The number of allylic oxidation sites excluding steroid dienone is 2. The van der Waals surface area contributed by atoms with Gasteiger partial charge in [-0.2, -0.15) is 0 Å². The third-order valence-corrected chi connectivity index (χ3v) is 5.54. The van der Waals surface area contributed by atoms with Crippen LogP contribution in [0.3, 0.4) is 0 Å². The SMILES string of the molecule is C=C1C=Cc2ccccc2C1C1CC(=O)N(C(O)CCCCCCN)C1=O. The summed E-state index contributed by atoms with van der Waals surface area (Å²) in [4.78, 5) is 26.6. The standard InChI is InChI=1S/C22H28N2O3/c1-15-11-12-16-8-5-6-9-17(16)21(15)18-14-20(26)24(22(18)27)19(25)10-4-2-3-7-13-23/h5-6,8-9,11-12,18-19,21,25H,1-4,7,10,13-14,23H2. The van der Waals surface area contributed by atoms with E-state index in [1.807, 2.05) is 36.4 Å². The van der Waals surface area contributed by atoms with Crippen LogP contribution in [0.4, 0.5) is 0 Å². The molecule has 3 N–H and O–H groups in total. The van der Waals surface area contributed by atoms with Crippen molar-refractivity contribution in [1.29, 1.82) is 0 Å². The molecule has 1 aromatic rings. The molecular weight excluding hydrogens is 340 g/mol. The molecule has 1 fully saturated rings. The number of aliphatic hydroxyl groups excluding tert-OH is 1. The van der Waals surface area contributed by atoms with Gasteiger partial charge >= 0.3 is 0 Å². The van der Waals surface area contributed by atoms with E-state index >= 15 is 0 Å². The molecular formula is C22H28N2O3. The van der Waals surface area contributed by atoms with E-state index in [-0.39, 0.29) is 24.2 Å². The molecule has 0 bridgehead atoms. The van der Waals surface area contributed by atoms with Gasteiger partial charge in [0.05, 0.1) is 5.92 Å². The highest BCUT2D eigenvalue weighted by Crippen LogP contribution is 2.43. The molecule has 0 spiro atoms. The molecule has 2 aliphatic rings. The number of carbonyl (C=O) groups excluding carboxylic acids is 2. The highest BCUT2D eigenvalue weighted by molar-refractivity contribution is 6.04. The second kappa shape index (κ2) is 8.63. The fraction of sp³-hybridized carbons (Fsp3) is 0.455. The highest BCUT2D eigenvalue weighted by Gasteiger charge is 2.46. The van der Waals surface area contributed by atoms with Gasteiger partial charge in [0, 0.05) is 12.3 Å². The number of nitrogens with two attached hydrogens (primary N) is 1. The molecule has 1 aromatic carbocycles. The monoisotopic (exact) mass is 368 g/mol. The van der Waals surface area contributed by atoms with E-state index in [1.54, 1.807) is 0 Å². The zero-order valence-corrected chi connectivity index (χ0v) is 15.6. The van der Waals surface area contributed by atoms with Crippen LogP contribution >= 0.6 is 0 Å². The van der Waals surface area contributed by atoms with Gasteiger partial charge in [-0.05, 0) is 42.5 Å². The van der Waals surface area contributed by atoms with Gasteiger partial charge in [0.25, 0.3) is 0 Å². The van der Waals surface area contributed by atoms with Crippen molar-refractivity contribution in [2.45, 2.75) is 50.7 Å². The Kier molecular flexibility index (Phi) is 6.24. The minimum Gasteiger partial charge on any atom is -0.373 e. The van der Waals surface area contributed by atoms with Gasteiger partial charge in [-0.25, -0.2) is 0 Å². The maximum Gasteiger partial charge on any atom is 0.235 e. The van der Waals surface area contributed by atoms with Crippen LogP contribution in [0.1, 0.15) is 55.6 Å². The molecule has 1 aliphatic carbocycles. The summed E-state index contributed by atoms with van der Waals surface area (Å²) in [7, 11) is 0. The summed E-state index contributed by atoms with van der Waals surface area (Å²) in [5, 5.41) is 10.4. The number of rotatable bonds is 8. The number of likely N-dealkylation sites (tertiary alicyclic amines) is 1. The van der Waals surface area contributed by atoms with Crippen molar-refractivity contribution in [3.63, 3.8) is 0 Å². The normalized spacial score (nSPS) is 23.0. The van der Waals surface area contributed by atoms with E-state index < -0.39 is 12.1 Å². The van der Waals surface area contributed by atoms with Crippen LogP contribution in [0.25, 0.3) is 6.08 Å². The molecule has 3 rings (SSSR count). The number of nitrogens with zero attached hydrogens (tertiary/aromatic N) is 1. The predicted molar refractivity (Wildman–Crippen MR) is 105 cm³/mol. The lowest BCUT2D eigenvalue weighted by molar-refractivity contribution is -0.150. The maximum atomic E-state index is 13.0. The first-order valence-corrected chi connectivity index (χ1v) is 9.74. The number of amides is 2. The first-order chi connectivity index (χ1) is 13.0. The number of aliphatic hydroxyl groups is 1. The Labute approximate surface area is 160 Å². The molecule has 0 saturated carbocycles. The van der Waals surface area contributed by atoms with Crippen LogP contribution in [-0.2, 0) is 9.59 Å². The Morgan fingerprint density at radius 1 is 1.15 bits per heavy atom. The summed E-state index contributed by atoms with van der Waals surface area (Å²) in [5.74, 6) is -1.29. The lowest BCUT2D eigenvalue weighted by atomic mass is 9.75. The zero-order valence-electron chi connectivity index (χ0n) is 15.6. The van der Waals surface area contributed by atoms with E-state index in [1.165, 1.54) is 0 Å². The molecule has 1 aliphatic heterocycles. The van der Waals surface area contributed by atoms with Crippen LogP contribution in [-0.4, -0.2) is 34.6 Å². The molecule has 5 heteroatoms. The number of benzene rings is 1. The van der Waals surface area contributed by atoms with Gasteiger partial charge < -0.3 is 10.8 Å². The summed E-state index contributed by atoms with van der Waals surface area (Å²) in [6.07, 6.45) is 7.05. The Morgan fingerprint density at radius 2 is 1.89 bits per heavy atom. The summed E-state index contributed by atoms with van der Waals surface area (Å²) < 4.78 is 0. The van der Waals surface area contributed by atoms with Gasteiger partial charge in [-0.1, -0.05) is 55.8 Å². The molecule has 1 saturated heterocycles. The van der Waals surface area contributed by atoms with Crippen LogP contribution in [0.15, 0.2) is 42.5 Å². The number of hydrogen-bond donors (Lipinski definition) is 2. The fourth-order valence-electron chi connectivity index (χ4n) is 4.12. The first kappa shape index (κ1) is 19.5. The van der Waals surface area contributed by atoms with Crippen molar-refractivity contribution >= 4 is 17.9 Å². The van der Waals surface area contributed by atoms with Crippen molar-refractivity contribution < 1.29 is 14.7 Å². The third kappa shape index (κ3) is 4.04. The second-order valence-corrected chi connectivity index (χ2v) is 7.40. The van der Waals surface area contributed by atoms with Crippen molar-refractivity contribution in [1.82, 2.24) is 4.90 Å². The van der Waals surface area contributed by atoms with E-state index in [2.05, 4.69) is 6.58 Å². The minimum atomic E-state index is -1.05. The van der Waals surface area contributed by atoms with Crippen LogP contribution in [0, 0.1) is 5.92 Å². The largest absolute Gasteiger partial charge is 0.373 e. The lowest BCUT2D eigenvalue weighted by Crippen LogP contribution is -2.41. The predicted octanol–water partition coefficient (Wildman–Crippen LogP) is 2.96. The fourth-order valence-corrected chi connectivity index (χ4v) is 4.12. The van der Waals surface area contributed by atoms with E-state index in [0.29, 0.717) is 13.0 Å². The Morgan fingerprint density at radius 3 is 2.67 bits per heavy atom. The van der Waals surface area contributed by atoms with E-state index in [0.717, 1.165) is 47.3 Å². The average Bonchev–Trinajstić information content (AvgIpc) is 2.95. The number of fused-ring (bicyclic) bond motifs is 1. The van der Waals surface area contributed by atoms with Gasteiger partial charge in [0.1, 0.15) is 6.23 Å². The number of imide groups is 1. The van der Waals surface area contributed by atoms with Crippen molar-refractivity contribution in [2.24, 2.45) is 11.7 Å². The third-order valence-electron chi connectivity index (χ3n) is 5.54. The van der Waals surface area contributed by atoms with Crippen LogP contribution in [0.2, 0.25) is 0 Å². The van der Waals surface area contributed by atoms with E-state index in [9.17, 15) is 14.7 Å².